The molecule has 0 aliphatic carbocycles. The fourth-order valence-electron chi connectivity index (χ4n) is 0.104. The van der Waals surface area contributed by atoms with Gasteiger partial charge in [0.15, 0.2) is 6.44 Å². The van der Waals surface area contributed by atoms with Gasteiger partial charge in [-0.1, -0.05) is 0 Å². The predicted molar refractivity (Wildman–Crippen MR) is 20.5 cm³/mol. The molecule has 0 aromatic heterocycles. The molecule has 0 radical (unpaired) electrons. The van der Waals surface area contributed by atoms with Crippen LogP contribution in [0.15, 0.2) is 0 Å². The van der Waals surface area contributed by atoms with Crippen molar-refractivity contribution in [2.24, 2.45) is 0 Å². The molecule has 0 saturated heterocycles. The van der Waals surface area contributed by atoms with Crippen molar-refractivity contribution in [3.8, 4) is 0 Å². The Morgan fingerprint density at radius 1 is 1.38 bits per heavy atom. The van der Waals surface area contributed by atoms with Gasteiger partial charge in [0.2, 0.25) is 0 Å². The Hall–Kier alpha value is 0.981. The standard InChI is InChI=1S/C2H2BF3N.K/c1-7-2-3(4,5)6;/h2H2;/q-1;+1. The van der Waals surface area contributed by atoms with Crippen LogP contribution in [0.5, 0.6) is 0 Å². The summed E-state index contributed by atoms with van der Waals surface area (Å²) in [7, 11) is 0. The fraction of sp³-hybridized carbons (Fsp3) is 0.500. The monoisotopic (exact) mass is 147 g/mol. The Labute approximate surface area is 87.9 Å². The smallest absolute Gasteiger partial charge is 0.444 e. The predicted octanol–water partition coefficient (Wildman–Crippen LogP) is -1.70. The van der Waals surface area contributed by atoms with Gasteiger partial charge in [0.05, 0.1) is 0 Å². The van der Waals surface area contributed by atoms with Gasteiger partial charge in [-0.2, -0.15) is 0 Å². The van der Waals surface area contributed by atoms with Crippen LogP contribution in [0.4, 0.5) is 12.9 Å². The number of rotatable bonds is 1. The zero-order valence-electron chi connectivity index (χ0n) is 4.37. The zero-order valence-corrected chi connectivity index (χ0v) is 7.49. The second kappa shape index (κ2) is 4.82. The van der Waals surface area contributed by atoms with Crippen molar-refractivity contribution in [3.63, 3.8) is 0 Å². The topological polar surface area (TPSA) is 4.36 Å². The molecule has 1 nitrogen and oxygen atoms in total. The number of hydrogen-bond donors (Lipinski definition) is 0. The SMILES string of the molecule is [C-]#[N+]C[B-](F)(F)F.[K+]. The van der Waals surface area contributed by atoms with Gasteiger partial charge in [-0.15, -0.1) is 0 Å². The first kappa shape index (κ1) is 11.7. The van der Waals surface area contributed by atoms with Crippen molar-refractivity contribution in [1.29, 1.82) is 0 Å². The minimum Gasteiger partial charge on any atom is -0.444 e. The number of halogens is 3. The van der Waals surface area contributed by atoms with Gasteiger partial charge in [0, 0.05) is 0 Å². The second-order valence-corrected chi connectivity index (χ2v) is 1.05. The summed E-state index contributed by atoms with van der Waals surface area (Å²) in [6.07, 6.45) is -1.31. The van der Waals surface area contributed by atoms with E-state index in [1.807, 2.05) is 0 Å². The molecular weight excluding hydrogens is 145 g/mol. The third kappa shape index (κ3) is 10.1. The van der Waals surface area contributed by atoms with Crippen molar-refractivity contribution >= 4 is 6.98 Å². The molecule has 0 aromatic rings. The molecule has 0 heterocycles. The average molecular weight is 147 g/mol. The van der Waals surface area contributed by atoms with Crippen LogP contribution in [0.25, 0.3) is 4.85 Å². The third-order valence-corrected chi connectivity index (χ3v) is 0.298. The summed E-state index contributed by atoms with van der Waals surface area (Å²) in [5, 5.41) is 0. The maximum atomic E-state index is 10.9. The summed E-state index contributed by atoms with van der Waals surface area (Å²) >= 11 is 0. The van der Waals surface area contributed by atoms with Crippen LogP contribution in [-0.2, 0) is 0 Å². The molecule has 0 spiro atoms. The molecule has 0 unspecified atom stereocenters. The van der Waals surface area contributed by atoms with Crippen LogP contribution < -0.4 is 51.4 Å². The fourth-order valence-corrected chi connectivity index (χ4v) is 0.104. The van der Waals surface area contributed by atoms with E-state index in [1.165, 1.54) is 0 Å². The summed E-state index contributed by atoms with van der Waals surface area (Å²) in [5.41, 5.74) is 0. The Bertz CT molecular complexity index is 94.4. The Morgan fingerprint density at radius 2 is 1.75 bits per heavy atom. The van der Waals surface area contributed by atoms with Crippen LogP contribution in [0.2, 0.25) is 0 Å². The molecule has 0 saturated carbocycles. The zero-order chi connectivity index (χ0) is 5.91. The first-order chi connectivity index (χ1) is 3.06. The number of nitrogens with zero attached hydrogens (tertiary/aromatic N) is 1. The van der Waals surface area contributed by atoms with Crippen molar-refractivity contribution in [2.45, 2.75) is 0 Å². The largest absolute Gasteiger partial charge is 1.00 e. The van der Waals surface area contributed by atoms with Gasteiger partial charge in [-0.25, -0.2) is 6.57 Å². The van der Waals surface area contributed by atoms with Gasteiger partial charge >= 0.3 is 58.4 Å². The summed E-state index contributed by atoms with van der Waals surface area (Å²) in [6.45, 7) is 0.932. The van der Waals surface area contributed by atoms with E-state index in [0.29, 0.717) is 0 Å². The van der Waals surface area contributed by atoms with E-state index in [9.17, 15) is 12.9 Å². The molecular formula is C2H2BF3KN. The van der Waals surface area contributed by atoms with Gasteiger partial charge in [-0.3, -0.25) is 0 Å². The molecule has 0 aromatic carbocycles. The van der Waals surface area contributed by atoms with Gasteiger partial charge in [0.1, 0.15) is 0 Å². The first-order valence-corrected chi connectivity index (χ1v) is 1.60. The Morgan fingerprint density at radius 3 is 1.75 bits per heavy atom. The van der Waals surface area contributed by atoms with Crippen LogP contribution in [0, 0.1) is 6.57 Å². The van der Waals surface area contributed by atoms with E-state index in [4.69, 9.17) is 6.57 Å². The van der Waals surface area contributed by atoms with E-state index < -0.39 is 13.4 Å². The molecule has 0 aliphatic heterocycles. The van der Waals surface area contributed by atoms with Crippen LogP contribution in [-0.4, -0.2) is 13.4 Å². The van der Waals surface area contributed by atoms with Crippen molar-refractivity contribution < 1.29 is 64.3 Å². The van der Waals surface area contributed by atoms with Gasteiger partial charge in [-0.05, 0) is 0 Å². The Balaban J connectivity index is 0. The molecule has 0 bridgehead atoms. The molecule has 0 rings (SSSR count). The summed E-state index contributed by atoms with van der Waals surface area (Å²) in [6, 6.07) is 0. The molecule has 8 heavy (non-hydrogen) atoms. The van der Waals surface area contributed by atoms with E-state index in [-0.39, 0.29) is 51.4 Å². The van der Waals surface area contributed by atoms with Crippen LogP contribution in [0.3, 0.4) is 0 Å². The first-order valence-electron chi connectivity index (χ1n) is 1.60. The van der Waals surface area contributed by atoms with Crippen molar-refractivity contribution in [3.05, 3.63) is 11.4 Å². The van der Waals surface area contributed by atoms with E-state index in [1.54, 1.807) is 0 Å². The maximum Gasteiger partial charge on any atom is 1.00 e. The van der Waals surface area contributed by atoms with E-state index in [2.05, 4.69) is 4.85 Å². The van der Waals surface area contributed by atoms with Gasteiger partial charge < -0.3 is 17.8 Å². The Kier molecular flexibility index (Phi) is 7.08. The van der Waals surface area contributed by atoms with Crippen molar-refractivity contribution in [2.75, 3.05) is 6.44 Å². The quantitative estimate of drug-likeness (QED) is 0.307. The molecule has 0 atom stereocenters. The van der Waals surface area contributed by atoms with E-state index >= 15 is 0 Å². The molecule has 6 heteroatoms. The molecule has 0 amide bonds. The average Bonchev–Trinajstić information content (AvgIpc) is 1.30. The van der Waals surface area contributed by atoms with Gasteiger partial charge in [0.25, 0.3) is 0 Å². The summed E-state index contributed by atoms with van der Waals surface area (Å²) in [5.74, 6) is 0. The molecule has 0 fully saturated rings. The number of hydrogen-bond acceptors (Lipinski definition) is 0. The molecule has 0 aliphatic rings. The van der Waals surface area contributed by atoms with Crippen LogP contribution in [0.1, 0.15) is 0 Å². The summed E-state index contributed by atoms with van der Waals surface area (Å²) < 4.78 is 32.7. The minimum atomic E-state index is -4.85. The van der Waals surface area contributed by atoms with Crippen molar-refractivity contribution in [1.82, 2.24) is 0 Å². The third-order valence-electron chi connectivity index (χ3n) is 0.298. The minimum absolute atomic E-state index is 0. The normalized spacial score (nSPS) is 9.25. The van der Waals surface area contributed by atoms with E-state index in [0.717, 1.165) is 0 Å². The second-order valence-electron chi connectivity index (χ2n) is 1.05. The molecule has 0 N–H and O–H groups in total. The molecule has 40 valence electrons. The summed E-state index contributed by atoms with van der Waals surface area (Å²) in [4.78, 5) is 2.16. The maximum absolute atomic E-state index is 10.9. The van der Waals surface area contributed by atoms with Crippen LogP contribution >= 0.6 is 0 Å².